The minimum absolute atomic E-state index is 0.0537. The zero-order chi connectivity index (χ0) is 19.7. The number of carbonyl (C=O) groups is 1. The van der Waals surface area contributed by atoms with Crippen molar-refractivity contribution in [1.29, 1.82) is 0 Å². The van der Waals surface area contributed by atoms with Crippen LogP contribution in [0.15, 0.2) is 52.1 Å². The van der Waals surface area contributed by atoms with Gasteiger partial charge in [0.2, 0.25) is 0 Å². The van der Waals surface area contributed by atoms with Gasteiger partial charge < -0.3 is 4.74 Å². The second-order valence-electron chi connectivity index (χ2n) is 5.88. The number of hydrogen-bond acceptors (Lipinski definition) is 6. The molecule has 0 aliphatic heterocycles. The number of aryl methyl sites for hydroxylation is 1. The van der Waals surface area contributed by atoms with Crippen LogP contribution in [-0.2, 0) is 18.3 Å². The number of carbonyl (C=O) groups excluding carboxylic acids is 1. The second kappa shape index (κ2) is 6.87. The summed E-state index contributed by atoms with van der Waals surface area (Å²) in [4.78, 5) is 47.4. The van der Waals surface area contributed by atoms with Gasteiger partial charge in [-0.2, -0.15) is 0 Å². The Morgan fingerprint density at radius 1 is 1.15 bits per heavy atom. The Morgan fingerprint density at radius 3 is 2.41 bits per heavy atom. The van der Waals surface area contributed by atoms with Crippen molar-refractivity contribution in [2.24, 2.45) is 7.05 Å². The maximum Gasteiger partial charge on any atom is 0.337 e. The third-order valence-electron chi connectivity index (χ3n) is 4.26. The van der Waals surface area contributed by atoms with Crippen molar-refractivity contribution in [1.82, 2.24) is 9.13 Å². The van der Waals surface area contributed by atoms with Gasteiger partial charge >= 0.3 is 11.7 Å². The third kappa shape index (κ3) is 3.22. The van der Waals surface area contributed by atoms with Crippen LogP contribution >= 0.6 is 0 Å². The average molecular weight is 369 g/mol. The number of benzene rings is 2. The van der Waals surface area contributed by atoms with Crippen LogP contribution in [0.2, 0.25) is 0 Å². The molecular weight excluding hydrogens is 354 g/mol. The summed E-state index contributed by atoms with van der Waals surface area (Å²) < 4.78 is 6.99. The molecule has 0 unspecified atom stereocenters. The van der Waals surface area contributed by atoms with Crippen LogP contribution in [0, 0.1) is 10.1 Å². The summed E-state index contributed by atoms with van der Waals surface area (Å²) in [5.41, 5.74) is -0.0300. The quantitative estimate of drug-likeness (QED) is 0.391. The molecule has 0 bridgehead atoms. The van der Waals surface area contributed by atoms with Crippen molar-refractivity contribution < 1.29 is 14.5 Å². The number of hydrogen-bond donors (Lipinski definition) is 0. The maximum atomic E-state index is 12.8. The standard InChI is InChI=1S/C18H15N3O6/c1-19-15-8-5-12(17(23)27-2)9-14(15)16(22)20(18(19)24)10-11-3-6-13(7-4-11)21(25)26/h3-9H,10H2,1-2H3. The Morgan fingerprint density at radius 2 is 1.81 bits per heavy atom. The molecule has 0 fully saturated rings. The lowest BCUT2D eigenvalue weighted by atomic mass is 10.1. The highest BCUT2D eigenvalue weighted by Gasteiger charge is 2.15. The maximum absolute atomic E-state index is 12.8. The van der Waals surface area contributed by atoms with Gasteiger partial charge in [-0.1, -0.05) is 12.1 Å². The van der Waals surface area contributed by atoms with Crippen LogP contribution in [0.5, 0.6) is 0 Å². The minimum Gasteiger partial charge on any atom is -0.465 e. The van der Waals surface area contributed by atoms with Gasteiger partial charge in [0, 0.05) is 19.2 Å². The van der Waals surface area contributed by atoms with Crippen LogP contribution in [-0.4, -0.2) is 27.1 Å². The molecule has 0 saturated carbocycles. The fraction of sp³-hybridized carbons (Fsp3) is 0.167. The summed E-state index contributed by atoms with van der Waals surface area (Å²) in [6, 6.07) is 9.96. The van der Waals surface area contributed by atoms with Crippen LogP contribution < -0.4 is 11.2 Å². The molecular formula is C18H15N3O6. The lowest BCUT2D eigenvalue weighted by molar-refractivity contribution is -0.384. The number of nitrogens with zero attached hydrogens (tertiary/aromatic N) is 3. The molecule has 0 aliphatic rings. The highest BCUT2D eigenvalue weighted by atomic mass is 16.6. The number of fused-ring (bicyclic) bond motifs is 1. The van der Waals surface area contributed by atoms with E-state index in [1.54, 1.807) is 0 Å². The first-order chi connectivity index (χ1) is 12.8. The molecule has 0 aliphatic carbocycles. The largest absolute Gasteiger partial charge is 0.465 e. The number of nitro benzene ring substituents is 1. The number of ether oxygens (including phenoxy) is 1. The first kappa shape index (κ1) is 18.1. The van der Waals surface area contributed by atoms with Crippen LogP contribution in [0.25, 0.3) is 10.9 Å². The van der Waals surface area contributed by atoms with E-state index in [9.17, 15) is 24.5 Å². The van der Waals surface area contributed by atoms with Crippen LogP contribution in [0.3, 0.4) is 0 Å². The molecule has 0 atom stereocenters. The van der Waals surface area contributed by atoms with Gasteiger partial charge in [-0.25, -0.2) is 9.59 Å². The Kier molecular flexibility index (Phi) is 4.59. The molecule has 1 heterocycles. The highest BCUT2D eigenvalue weighted by Crippen LogP contribution is 2.14. The van der Waals surface area contributed by atoms with Gasteiger partial charge in [0.25, 0.3) is 11.2 Å². The molecule has 9 nitrogen and oxygen atoms in total. The summed E-state index contributed by atoms with van der Waals surface area (Å²) >= 11 is 0. The summed E-state index contributed by atoms with van der Waals surface area (Å²) in [6.45, 7) is -0.0537. The molecule has 27 heavy (non-hydrogen) atoms. The van der Waals surface area contributed by atoms with Crippen molar-refractivity contribution in [2.75, 3.05) is 7.11 Å². The smallest absolute Gasteiger partial charge is 0.337 e. The summed E-state index contributed by atoms with van der Waals surface area (Å²) in [5.74, 6) is -0.591. The zero-order valence-electron chi connectivity index (χ0n) is 14.5. The Balaban J connectivity index is 2.14. The van der Waals surface area contributed by atoms with Crippen LogP contribution in [0.4, 0.5) is 5.69 Å². The summed E-state index contributed by atoms with van der Waals surface area (Å²) in [5, 5.41) is 10.9. The van der Waals surface area contributed by atoms with Gasteiger partial charge in [0.15, 0.2) is 0 Å². The van der Waals surface area contributed by atoms with E-state index in [0.717, 1.165) is 4.57 Å². The van der Waals surface area contributed by atoms with Crippen LogP contribution in [0.1, 0.15) is 15.9 Å². The summed E-state index contributed by atoms with van der Waals surface area (Å²) in [7, 11) is 2.76. The molecule has 2 aromatic carbocycles. The highest BCUT2D eigenvalue weighted by molar-refractivity contribution is 5.94. The molecule has 1 aromatic heterocycles. The lowest BCUT2D eigenvalue weighted by Gasteiger charge is -2.11. The topological polar surface area (TPSA) is 113 Å². The van der Waals surface area contributed by atoms with Gasteiger partial charge in [-0.3, -0.25) is 24.0 Å². The number of rotatable bonds is 4. The molecule has 9 heteroatoms. The van der Waals surface area contributed by atoms with E-state index in [-0.39, 0.29) is 23.2 Å². The number of non-ortho nitro benzene ring substituents is 1. The van der Waals surface area contributed by atoms with Crippen molar-refractivity contribution in [3.05, 3.63) is 84.5 Å². The van der Waals surface area contributed by atoms with Crippen molar-refractivity contribution >= 4 is 22.6 Å². The van der Waals surface area contributed by atoms with Crippen molar-refractivity contribution in [2.45, 2.75) is 6.54 Å². The predicted molar refractivity (Wildman–Crippen MR) is 97.0 cm³/mol. The lowest BCUT2D eigenvalue weighted by Crippen LogP contribution is -2.39. The number of nitro groups is 1. The fourth-order valence-electron chi connectivity index (χ4n) is 2.81. The molecule has 0 spiro atoms. The third-order valence-corrected chi connectivity index (χ3v) is 4.26. The van der Waals surface area contributed by atoms with E-state index in [1.165, 1.54) is 61.2 Å². The van der Waals surface area contributed by atoms with Gasteiger partial charge in [0.1, 0.15) is 0 Å². The molecule has 138 valence electrons. The van der Waals surface area contributed by atoms with E-state index >= 15 is 0 Å². The Labute approximate surface area is 152 Å². The van der Waals surface area contributed by atoms with E-state index in [1.807, 2.05) is 0 Å². The molecule has 0 N–H and O–H groups in total. The second-order valence-corrected chi connectivity index (χ2v) is 5.88. The monoisotopic (exact) mass is 369 g/mol. The van der Waals surface area contributed by atoms with E-state index in [4.69, 9.17) is 0 Å². The SMILES string of the molecule is COC(=O)c1ccc2c(c1)c(=O)n(Cc1ccc([N+](=O)[O-])cc1)c(=O)n2C. The minimum atomic E-state index is -0.591. The van der Waals surface area contributed by atoms with E-state index in [0.29, 0.717) is 11.1 Å². The van der Waals surface area contributed by atoms with Gasteiger partial charge in [-0.15, -0.1) is 0 Å². The summed E-state index contributed by atoms with van der Waals surface area (Å²) in [6.07, 6.45) is 0. The predicted octanol–water partition coefficient (Wildman–Crippen LogP) is 1.44. The molecule has 0 amide bonds. The van der Waals surface area contributed by atoms with Crippen molar-refractivity contribution in [3.8, 4) is 0 Å². The Bertz CT molecular complexity index is 1170. The first-order valence-electron chi connectivity index (χ1n) is 7.88. The molecule has 3 rings (SSSR count). The zero-order valence-corrected chi connectivity index (χ0v) is 14.5. The van der Waals surface area contributed by atoms with Crippen molar-refractivity contribution in [3.63, 3.8) is 0 Å². The van der Waals surface area contributed by atoms with E-state index < -0.39 is 22.1 Å². The normalized spacial score (nSPS) is 10.7. The van der Waals surface area contributed by atoms with E-state index in [2.05, 4.69) is 4.74 Å². The molecule has 0 radical (unpaired) electrons. The van der Waals surface area contributed by atoms with Gasteiger partial charge in [0.05, 0.1) is 35.0 Å². The number of aromatic nitrogens is 2. The van der Waals surface area contributed by atoms with Gasteiger partial charge in [-0.05, 0) is 23.8 Å². The molecule has 0 saturated heterocycles. The Hall–Kier alpha value is -3.75. The fourth-order valence-corrected chi connectivity index (χ4v) is 2.81. The number of methoxy groups -OCH3 is 1. The number of esters is 1. The first-order valence-corrected chi connectivity index (χ1v) is 7.88. The average Bonchev–Trinajstić information content (AvgIpc) is 2.68. The molecule has 3 aromatic rings.